The normalized spacial score (nSPS) is 14.0. The third-order valence-electron chi connectivity index (χ3n) is 4.40. The lowest BCUT2D eigenvalue weighted by molar-refractivity contribution is 0.199. The van der Waals surface area contributed by atoms with Crippen LogP contribution in [0.2, 0.25) is 18.1 Å². The third-order valence-corrected chi connectivity index (χ3v) is 8.78. The molecule has 0 aromatic heterocycles. The number of nitrogen functional groups attached to an aromatic ring is 1. The highest BCUT2D eigenvalue weighted by atomic mass is 127. The van der Waals surface area contributed by atoms with Crippen LogP contribution < -0.4 is 10.5 Å². The molecule has 1 rings (SSSR count). The van der Waals surface area contributed by atoms with Gasteiger partial charge >= 0.3 is 0 Å². The Morgan fingerprint density at radius 3 is 2.52 bits per heavy atom. The summed E-state index contributed by atoms with van der Waals surface area (Å²) in [4.78, 5) is 10.3. The van der Waals surface area contributed by atoms with Gasteiger partial charge in [0.15, 0.2) is 8.32 Å². The molecule has 0 aliphatic heterocycles. The zero-order chi connectivity index (χ0) is 16.3. The standard InChI is InChI=1S/C16H28INO2Si/c1-12(8-9-16(2,3)21(4,5)19)20-15-10-14(18)7-6-13(15)11-17/h6-7,10,12,19H,8-9,11,18H2,1-5H3/t12-/m0/s1. The smallest absolute Gasteiger partial charge is 0.188 e. The van der Waals surface area contributed by atoms with Gasteiger partial charge in [0.05, 0.1) is 6.10 Å². The van der Waals surface area contributed by atoms with Crippen LogP contribution in [0.5, 0.6) is 5.75 Å². The molecule has 1 aromatic rings. The second kappa shape index (κ2) is 7.33. The van der Waals surface area contributed by atoms with Gasteiger partial charge < -0.3 is 15.3 Å². The van der Waals surface area contributed by atoms with E-state index in [-0.39, 0.29) is 11.1 Å². The van der Waals surface area contributed by atoms with Crippen LogP contribution in [0.25, 0.3) is 0 Å². The lowest BCUT2D eigenvalue weighted by Gasteiger charge is -2.35. The molecule has 0 fully saturated rings. The van der Waals surface area contributed by atoms with Crippen LogP contribution in [-0.4, -0.2) is 19.2 Å². The molecule has 0 saturated carbocycles. The average molecular weight is 421 g/mol. The molecule has 0 heterocycles. The molecule has 3 N–H and O–H groups in total. The van der Waals surface area contributed by atoms with Crippen molar-refractivity contribution in [3.63, 3.8) is 0 Å². The highest BCUT2D eigenvalue weighted by Gasteiger charge is 2.37. The second-order valence-electron chi connectivity index (χ2n) is 6.91. The number of hydrogen-bond donors (Lipinski definition) is 2. The van der Waals surface area contributed by atoms with Crippen molar-refractivity contribution in [2.24, 2.45) is 0 Å². The first-order valence-corrected chi connectivity index (χ1v) is 11.9. The van der Waals surface area contributed by atoms with Crippen LogP contribution in [0.1, 0.15) is 39.2 Å². The monoisotopic (exact) mass is 421 g/mol. The Bertz CT molecular complexity index is 472. The van der Waals surface area contributed by atoms with Gasteiger partial charge in [-0.05, 0) is 44.0 Å². The van der Waals surface area contributed by atoms with Crippen molar-refractivity contribution in [3.8, 4) is 5.75 Å². The molecule has 0 aliphatic rings. The van der Waals surface area contributed by atoms with E-state index in [2.05, 4.69) is 43.4 Å². The molecule has 3 nitrogen and oxygen atoms in total. The van der Waals surface area contributed by atoms with Crippen LogP contribution in [-0.2, 0) is 4.43 Å². The number of hydrogen-bond acceptors (Lipinski definition) is 3. The van der Waals surface area contributed by atoms with Crippen molar-refractivity contribution in [1.29, 1.82) is 0 Å². The second-order valence-corrected chi connectivity index (χ2v) is 12.1. The number of nitrogens with two attached hydrogens (primary N) is 1. The van der Waals surface area contributed by atoms with Gasteiger partial charge in [-0.25, -0.2) is 0 Å². The quantitative estimate of drug-likeness (QED) is 0.290. The summed E-state index contributed by atoms with van der Waals surface area (Å²) in [6, 6.07) is 5.84. The first-order chi connectivity index (χ1) is 9.56. The van der Waals surface area contributed by atoms with Crippen LogP contribution in [0, 0.1) is 0 Å². The van der Waals surface area contributed by atoms with Crippen LogP contribution in [0.4, 0.5) is 5.69 Å². The number of halogens is 1. The van der Waals surface area contributed by atoms with E-state index >= 15 is 0 Å². The van der Waals surface area contributed by atoms with E-state index in [0.29, 0.717) is 0 Å². The van der Waals surface area contributed by atoms with Gasteiger partial charge in [-0.3, -0.25) is 0 Å². The maximum Gasteiger partial charge on any atom is 0.188 e. The summed E-state index contributed by atoms with van der Waals surface area (Å²) in [5, 5.41) is -0.00751. The summed E-state index contributed by atoms with van der Waals surface area (Å²) in [7, 11) is -2.15. The van der Waals surface area contributed by atoms with E-state index in [0.717, 1.165) is 28.7 Å². The van der Waals surface area contributed by atoms with Crippen LogP contribution in [0.3, 0.4) is 0 Å². The largest absolute Gasteiger partial charge is 0.490 e. The summed E-state index contributed by atoms with van der Waals surface area (Å²) >= 11 is 2.33. The molecule has 0 spiro atoms. The predicted octanol–water partition coefficient (Wildman–Crippen LogP) is 4.73. The molecule has 1 atom stereocenters. The molecule has 0 amide bonds. The van der Waals surface area contributed by atoms with Crippen molar-refractivity contribution >= 4 is 36.6 Å². The number of benzene rings is 1. The Hall–Kier alpha value is -0.273. The zero-order valence-corrected chi connectivity index (χ0v) is 16.9. The fourth-order valence-corrected chi connectivity index (χ4v) is 3.32. The van der Waals surface area contributed by atoms with Gasteiger partial charge in [0, 0.05) is 21.7 Å². The molecule has 1 aromatic carbocycles. The third kappa shape index (κ3) is 5.45. The SMILES string of the molecule is C[C@@H](CCC(C)(C)[Si](C)(C)O)Oc1cc(N)ccc1CI. The van der Waals surface area contributed by atoms with E-state index in [1.807, 2.05) is 31.3 Å². The minimum atomic E-state index is -2.15. The highest BCUT2D eigenvalue weighted by molar-refractivity contribution is 14.1. The van der Waals surface area contributed by atoms with E-state index in [1.165, 1.54) is 5.56 Å². The van der Waals surface area contributed by atoms with Crippen LogP contribution >= 0.6 is 22.6 Å². The maximum absolute atomic E-state index is 10.3. The fourth-order valence-electron chi connectivity index (χ4n) is 1.94. The Morgan fingerprint density at radius 2 is 2.00 bits per heavy atom. The maximum atomic E-state index is 10.3. The zero-order valence-electron chi connectivity index (χ0n) is 13.7. The van der Waals surface area contributed by atoms with Crippen LogP contribution in [0.15, 0.2) is 18.2 Å². The number of rotatable bonds is 7. The topological polar surface area (TPSA) is 55.5 Å². The number of ether oxygens (including phenoxy) is 1. The Labute approximate surface area is 143 Å². The molecular weight excluding hydrogens is 393 g/mol. The number of anilines is 1. The summed E-state index contributed by atoms with van der Waals surface area (Å²) in [6.07, 6.45) is 2.01. The molecule has 21 heavy (non-hydrogen) atoms. The first-order valence-electron chi connectivity index (χ1n) is 7.40. The van der Waals surface area contributed by atoms with Gasteiger partial charge in [0.2, 0.25) is 0 Å². The highest BCUT2D eigenvalue weighted by Crippen LogP contribution is 2.40. The average Bonchev–Trinajstić information content (AvgIpc) is 2.35. The summed E-state index contributed by atoms with van der Waals surface area (Å²) < 4.78 is 6.98. The van der Waals surface area contributed by atoms with Crippen molar-refractivity contribution in [3.05, 3.63) is 23.8 Å². The molecule has 0 unspecified atom stereocenters. The van der Waals surface area contributed by atoms with E-state index < -0.39 is 8.32 Å². The van der Waals surface area contributed by atoms with Gasteiger partial charge in [-0.15, -0.1) is 0 Å². The minimum Gasteiger partial charge on any atom is -0.490 e. The lowest BCUT2D eigenvalue weighted by Crippen LogP contribution is -2.39. The van der Waals surface area contributed by atoms with Gasteiger partial charge in [-0.1, -0.05) is 42.5 Å². The van der Waals surface area contributed by atoms with Crippen molar-refractivity contribution in [2.75, 3.05) is 5.73 Å². The predicted molar refractivity (Wildman–Crippen MR) is 102 cm³/mol. The Kier molecular flexibility index (Phi) is 6.55. The van der Waals surface area contributed by atoms with Crippen molar-refractivity contribution < 1.29 is 9.53 Å². The first kappa shape index (κ1) is 18.8. The molecular formula is C16H28INO2Si. The number of alkyl halides is 1. The van der Waals surface area contributed by atoms with Gasteiger partial charge in [0.1, 0.15) is 5.75 Å². The minimum absolute atomic E-state index is 0.00751. The summed E-state index contributed by atoms with van der Waals surface area (Å²) in [5.41, 5.74) is 7.75. The summed E-state index contributed by atoms with van der Waals surface area (Å²) in [6.45, 7) is 10.4. The van der Waals surface area contributed by atoms with E-state index in [4.69, 9.17) is 10.5 Å². The van der Waals surface area contributed by atoms with Gasteiger partial charge in [-0.2, -0.15) is 0 Å². The molecule has 120 valence electrons. The Morgan fingerprint density at radius 1 is 1.38 bits per heavy atom. The lowest BCUT2D eigenvalue weighted by atomic mass is 10.0. The summed E-state index contributed by atoms with van der Waals surface area (Å²) in [5.74, 6) is 0.884. The molecule has 5 heteroatoms. The molecule has 0 aliphatic carbocycles. The van der Waals surface area contributed by atoms with Gasteiger partial charge in [0.25, 0.3) is 0 Å². The van der Waals surface area contributed by atoms with Crippen molar-refractivity contribution in [1.82, 2.24) is 0 Å². The van der Waals surface area contributed by atoms with E-state index in [9.17, 15) is 4.80 Å². The molecule has 0 radical (unpaired) electrons. The Balaban J connectivity index is 2.66. The molecule has 0 saturated heterocycles. The molecule has 0 bridgehead atoms. The fraction of sp³-hybridized carbons (Fsp3) is 0.625. The van der Waals surface area contributed by atoms with Crippen molar-refractivity contribution in [2.45, 2.75) is 62.3 Å². The van der Waals surface area contributed by atoms with E-state index in [1.54, 1.807) is 0 Å².